The second-order valence-corrected chi connectivity index (χ2v) is 4.57. The first-order valence-corrected chi connectivity index (χ1v) is 6.42. The summed E-state index contributed by atoms with van der Waals surface area (Å²) in [5.41, 5.74) is 0. The summed E-state index contributed by atoms with van der Waals surface area (Å²) in [5, 5.41) is 11.2. The van der Waals surface area contributed by atoms with Crippen molar-refractivity contribution in [3.05, 3.63) is 0 Å². The summed E-state index contributed by atoms with van der Waals surface area (Å²) in [4.78, 5) is 23.2. The fourth-order valence-corrected chi connectivity index (χ4v) is 1.94. The van der Waals surface area contributed by atoms with Crippen molar-refractivity contribution in [2.45, 2.75) is 38.2 Å². The Morgan fingerprint density at radius 2 is 2.06 bits per heavy atom. The highest BCUT2D eigenvalue weighted by Gasteiger charge is 2.15. The predicted molar refractivity (Wildman–Crippen MR) is 66.5 cm³/mol. The number of carbonyl (C=O) groups excluding carboxylic acids is 1. The van der Waals surface area contributed by atoms with E-state index in [1.807, 2.05) is 0 Å². The van der Waals surface area contributed by atoms with Crippen molar-refractivity contribution in [2.24, 2.45) is 0 Å². The zero-order valence-electron chi connectivity index (χ0n) is 10.9. The van der Waals surface area contributed by atoms with Crippen molar-refractivity contribution in [3.8, 4) is 0 Å². The van der Waals surface area contributed by atoms with Gasteiger partial charge in [-0.2, -0.15) is 0 Å². The Labute approximate surface area is 107 Å². The van der Waals surface area contributed by atoms with Crippen LogP contribution in [0.1, 0.15) is 32.1 Å². The molecule has 0 radical (unpaired) electrons. The first kappa shape index (κ1) is 14.8. The minimum Gasteiger partial charge on any atom is -0.481 e. The molecule has 1 fully saturated rings. The van der Waals surface area contributed by atoms with Gasteiger partial charge >= 0.3 is 12.0 Å². The third kappa shape index (κ3) is 5.86. The van der Waals surface area contributed by atoms with Crippen LogP contribution in [0.5, 0.6) is 0 Å². The molecule has 2 amide bonds. The SMILES string of the molecule is CN(CCC(=O)O)C(=O)NCCOC1CCCC1. The molecule has 1 rings (SSSR count). The van der Waals surface area contributed by atoms with E-state index in [0.717, 1.165) is 12.8 Å². The van der Waals surface area contributed by atoms with Crippen LogP contribution in [-0.4, -0.2) is 54.9 Å². The topological polar surface area (TPSA) is 78.9 Å². The third-order valence-electron chi connectivity index (χ3n) is 3.04. The van der Waals surface area contributed by atoms with E-state index < -0.39 is 5.97 Å². The van der Waals surface area contributed by atoms with E-state index in [4.69, 9.17) is 9.84 Å². The normalized spacial score (nSPS) is 15.6. The van der Waals surface area contributed by atoms with Gasteiger partial charge in [-0.25, -0.2) is 4.79 Å². The van der Waals surface area contributed by atoms with Crippen LogP contribution in [0.25, 0.3) is 0 Å². The molecule has 0 aromatic carbocycles. The number of aliphatic carboxylic acids is 1. The minimum absolute atomic E-state index is 0.0392. The van der Waals surface area contributed by atoms with Gasteiger partial charge in [0.15, 0.2) is 0 Å². The Bertz CT molecular complexity index is 277. The molecule has 0 atom stereocenters. The van der Waals surface area contributed by atoms with E-state index in [2.05, 4.69) is 5.32 Å². The molecule has 18 heavy (non-hydrogen) atoms. The summed E-state index contributed by atoms with van der Waals surface area (Å²) in [7, 11) is 1.58. The molecule has 0 unspecified atom stereocenters. The van der Waals surface area contributed by atoms with E-state index in [1.165, 1.54) is 17.7 Å². The molecule has 1 saturated carbocycles. The van der Waals surface area contributed by atoms with E-state index in [0.29, 0.717) is 19.3 Å². The highest BCUT2D eigenvalue weighted by Crippen LogP contribution is 2.20. The number of carbonyl (C=O) groups is 2. The number of carboxylic acids is 1. The highest BCUT2D eigenvalue weighted by atomic mass is 16.5. The fraction of sp³-hybridized carbons (Fsp3) is 0.833. The van der Waals surface area contributed by atoms with Gasteiger partial charge < -0.3 is 20.1 Å². The Kier molecular flexibility index (Phi) is 6.49. The molecule has 104 valence electrons. The van der Waals surface area contributed by atoms with Gasteiger partial charge in [-0.3, -0.25) is 4.79 Å². The van der Waals surface area contributed by atoms with Crippen LogP contribution >= 0.6 is 0 Å². The lowest BCUT2D eigenvalue weighted by Gasteiger charge is -2.17. The lowest BCUT2D eigenvalue weighted by Crippen LogP contribution is -2.40. The monoisotopic (exact) mass is 258 g/mol. The number of rotatable bonds is 7. The Balaban J connectivity index is 2.02. The van der Waals surface area contributed by atoms with Gasteiger partial charge in [0.2, 0.25) is 0 Å². The summed E-state index contributed by atoms with van der Waals surface area (Å²) in [5.74, 6) is -0.904. The molecule has 2 N–H and O–H groups in total. The van der Waals surface area contributed by atoms with Gasteiger partial charge in [0, 0.05) is 20.1 Å². The average molecular weight is 258 g/mol. The lowest BCUT2D eigenvalue weighted by atomic mass is 10.3. The fourth-order valence-electron chi connectivity index (χ4n) is 1.94. The van der Waals surface area contributed by atoms with Crippen LogP contribution in [-0.2, 0) is 9.53 Å². The van der Waals surface area contributed by atoms with Crippen LogP contribution in [0.4, 0.5) is 4.79 Å². The molecule has 0 aliphatic heterocycles. The van der Waals surface area contributed by atoms with Crippen LogP contribution in [0, 0.1) is 0 Å². The second kappa shape index (κ2) is 7.92. The highest BCUT2D eigenvalue weighted by molar-refractivity contribution is 5.74. The zero-order valence-corrected chi connectivity index (χ0v) is 10.9. The smallest absolute Gasteiger partial charge is 0.317 e. The maximum atomic E-state index is 11.5. The molecule has 0 spiro atoms. The van der Waals surface area contributed by atoms with Gasteiger partial charge in [0.1, 0.15) is 0 Å². The molecule has 1 aliphatic rings. The Morgan fingerprint density at radius 3 is 2.67 bits per heavy atom. The second-order valence-electron chi connectivity index (χ2n) is 4.57. The maximum Gasteiger partial charge on any atom is 0.317 e. The quantitative estimate of drug-likeness (QED) is 0.669. The van der Waals surface area contributed by atoms with E-state index in [1.54, 1.807) is 7.05 Å². The minimum atomic E-state index is -0.904. The van der Waals surface area contributed by atoms with Crippen LogP contribution in [0.15, 0.2) is 0 Å². The number of carboxylic acid groups (broad SMARTS) is 1. The van der Waals surface area contributed by atoms with Crippen LogP contribution in [0.2, 0.25) is 0 Å². The molecule has 0 saturated heterocycles. The first-order valence-electron chi connectivity index (χ1n) is 6.42. The van der Waals surface area contributed by atoms with Crippen molar-refractivity contribution in [3.63, 3.8) is 0 Å². The van der Waals surface area contributed by atoms with Crippen molar-refractivity contribution < 1.29 is 19.4 Å². The van der Waals surface area contributed by atoms with Crippen LogP contribution in [0.3, 0.4) is 0 Å². The van der Waals surface area contributed by atoms with Crippen molar-refractivity contribution in [2.75, 3.05) is 26.7 Å². The molecular formula is C12H22N2O4. The molecule has 0 aromatic rings. The number of hydrogen-bond acceptors (Lipinski definition) is 3. The molecule has 1 aliphatic carbocycles. The number of amides is 2. The van der Waals surface area contributed by atoms with Gasteiger partial charge in [-0.05, 0) is 12.8 Å². The number of nitrogens with one attached hydrogen (secondary N) is 1. The molecule has 6 nitrogen and oxygen atoms in total. The van der Waals surface area contributed by atoms with Gasteiger partial charge in [0.25, 0.3) is 0 Å². The number of urea groups is 1. The first-order chi connectivity index (χ1) is 8.59. The van der Waals surface area contributed by atoms with Crippen molar-refractivity contribution in [1.29, 1.82) is 0 Å². The molecule has 0 aromatic heterocycles. The Hall–Kier alpha value is -1.30. The zero-order chi connectivity index (χ0) is 13.4. The van der Waals surface area contributed by atoms with Crippen molar-refractivity contribution in [1.82, 2.24) is 10.2 Å². The van der Waals surface area contributed by atoms with E-state index in [-0.39, 0.29) is 19.0 Å². The third-order valence-corrected chi connectivity index (χ3v) is 3.04. The number of nitrogens with zero attached hydrogens (tertiary/aromatic N) is 1. The summed E-state index contributed by atoms with van der Waals surface area (Å²) < 4.78 is 5.60. The average Bonchev–Trinajstić information content (AvgIpc) is 2.84. The maximum absolute atomic E-state index is 11.5. The summed E-state index contributed by atoms with van der Waals surface area (Å²) in [6, 6.07) is -0.258. The van der Waals surface area contributed by atoms with Gasteiger partial charge in [0.05, 0.1) is 19.1 Å². The van der Waals surface area contributed by atoms with Crippen molar-refractivity contribution >= 4 is 12.0 Å². The largest absolute Gasteiger partial charge is 0.481 e. The number of ether oxygens (including phenoxy) is 1. The van der Waals surface area contributed by atoms with E-state index in [9.17, 15) is 9.59 Å². The predicted octanol–water partition coefficient (Wildman–Crippen LogP) is 1.06. The van der Waals surface area contributed by atoms with Gasteiger partial charge in [-0.15, -0.1) is 0 Å². The number of hydrogen-bond donors (Lipinski definition) is 2. The summed E-state index contributed by atoms with van der Waals surface area (Å²) in [6.07, 6.45) is 5.01. The summed E-state index contributed by atoms with van der Waals surface area (Å²) >= 11 is 0. The summed E-state index contributed by atoms with van der Waals surface area (Å²) in [6.45, 7) is 1.20. The standard InChI is InChI=1S/C12H22N2O4/c1-14(8-6-11(15)16)12(17)13-7-9-18-10-4-2-3-5-10/h10H,2-9H2,1H3,(H,13,17)(H,15,16). The molecule has 6 heteroatoms. The molecule has 0 bridgehead atoms. The molecular weight excluding hydrogens is 236 g/mol. The molecule has 0 heterocycles. The lowest BCUT2D eigenvalue weighted by molar-refractivity contribution is -0.137. The van der Waals surface area contributed by atoms with E-state index >= 15 is 0 Å². The van der Waals surface area contributed by atoms with Gasteiger partial charge in [-0.1, -0.05) is 12.8 Å². The van der Waals surface area contributed by atoms with Crippen LogP contribution < -0.4 is 5.32 Å². The Morgan fingerprint density at radius 1 is 1.39 bits per heavy atom.